The lowest BCUT2D eigenvalue weighted by atomic mass is 9.84. The van der Waals surface area contributed by atoms with Gasteiger partial charge in [0.2, 0.25) is 0 Å². The average Bonchev–Trinajstić information content (AvgIpc) is 3.22. The highest BCUT2D eigenvalue weighted by Gasteiger charge is 2.48. The Bertz CT molecular complexity index is 1350. The van der Waals surface area contributed by atoms with E-state index in [2.05, 4.69) is 41.1 Å². The third-order valence-electron chi connectivity index (χ3n) is 6.18. The number of fused-ring (bicyclic) bond motifs is 1. The number of nitrogens with one attached hydrogen (secondary N) is 1. The molecular weight excluding hydrogens is 474 g/mol. The van der Waals surface area contributed by atoms with Crippen molar-refractivity contribution in [3.8, 4) is 0 Å². The van der Waals surface area contributed by atoms with Crippen LogP contribution in [0.15, 0.2) is 88.9 Å². The second kappa shape index (κ2) is 7.95. The Morgan fingerprint density at radius 1 is 0.970 bits per heavy atom. The van der Waals surface area contributed by atoms with Gasteiger partial charge in [0.1, 0.15) is 0 Å². The van der Waals surface area contributed by atoms with E-state index in [1.165, 1.54) is 5.56 Å². The monoisotopic (exact) mass is 496 g/mol. The minimum Gasteiger partial charge on any atom is -0.346 e. The Kier molecular flexibility index (Phi) is 5.32. The van der Waals surface area contributed by atoms with Crippen LogP contribution in [0.25, 0.3) is 0 Å². The first-order chi connectivity index (χ1) is 15.7. The molecular formula is C25H23Cl2N4OP. The van der Waals surface area contributed by atoms with E-state index in [0.29, 0.717) is 26.7 Å². The number of anilines is 3. The standard InChI is InChI=1S/C25H23Cl2N4OP/c1-25(2)19-11-7-8-12-22(19)30(3)24(25)23-16-28-31(18-9-5-4-6-10-18)33(23,32)29-21-15-17(26)13-14-20(21)27/h4-16H,1-3H3,(H,29,32)/b24-23-/t33-/m0/s1. The molecule has 1 N–H and O–H groups in total. The highest BCUT2D eigenvalue weighted by atomic mass is 35.5. The molecule has 168 valence electrons. The molecule has 2 aliphatic heterocycles. The summed E-state index contributed by atoms with van der Waals surface area (Å²) in [6.45, 7) is 4.29. The van der Waals surface area contributed by atoms with E-state index >= 15 is 0 Å². The van der Waals surface area contributed by atoms with Gasteiger partial charge < -0.3 is 9.99 Å². The zero-order chi connectivity index (χ0) is 23.4. The van der Waals surface area contributed by atoms with Gasteiger partial charge in [0, 0.05) is 28.9 Å². The molecule has 3 aromatic rings. The predicted molar refractivity (Wildman–Crippen MR) is 140 cm³/mol. The number of benzene rings is 3. The molecule has 1 atom stereocenters. The normalized spacial score (nSPS) is 23.2. The molecule has 0 saturated heterocycles. The van der Waals surface area contributed by atoms with Crippen LogP contribution in [-0.2, 0) is 9.98 Å². The van der Waals surface area contributed by atoms with Gasteiger partial charge in [-0.25, -0.2) is 0 Å². The molecule has 0 radical (unpaired) electrons. The number of para-hydroxylation sites is 2. The Morgan fingerprint density at radius 3 is 2.39 bits per heavy atom. The highest BCUT2D eigenvalue weighted by molar-refractivity contribution is 7.72. The molecule has 8 heteroatoms. The van der Waals surface area contributed by atoms with E-state index in [4.69, 9.17) is 23.2 Å². The Balaban J connectivity index is 1.73. The number of nitrogens with zero attached hydrogens (tertiary/aromatic N) is 3. The number of rotatable bonds is 3. The lowest BCUT2D eigenvalue weighted by molar-refractivity contribution is 0.579. The molecule has 0 bridgehead atoms. The summed E-state index contributed by atoms with van der Waals surface area (Å²) in [5.41, 5.74) is 4.02. The van der Waals surface area contributed by atoms with Crippen molar-refractivity contribution in [3.05, 3.63) is 99.4 Å². The maximum atomic E-state index is 15.0. The van der Waals surface area contributed by atoms with Crippen LogP contribution in [0.2, 0.25) is 10.0 Å². The van der Waals surface area contributed by atoms with Crippen LogP contribution >= 0.6 is 30.6 Å². The van der Waals surface area contributed by atoms with E-state index in [0.717, 1.165) is 11.4 Å². The van der Waals surface area contributed by atoms with Crippen molar-refractivity contribution in [2.24, 2.45) is 5.10 Å². The SMILES string of the molecule is CN1/C(=C2/C=NN(c3ccccc3)[P@@]2(=O)Nc2cc(Cl)ccc2Cl)C(C)(C)c2ccccc21. The fraction of sp³-hybridized carbons (Fsp3) is 0.160. The van der Waals surface area contributed by atoms with Crippen molar-refractivity contribution >= 4 is 53.9 Å². The number of hydrazone groups is 1. The minimum absolute atomic E-state index is 0.380. The summed E-state index contributed by atoms with van der Waals surface area (Å²) in [7, 11) is -1.51. The fourth-order valence-electron chi connectivity index (χ4n) is 4.67. The maximum Gasteiger partial charge on any atom is 0.313 e. The quantitative estimate of drug-likeness (QED) is 0.376. The first-order valence-corrected chi connectivity index (χ1v) is 13.0. The van der Waals surface area contributed by atoms with Gasteiger partial charge in [0.15, 0.2) is 0 Å². The molecule has 2 heterocycles. The topological polar surface area (TPSA) is 47.9 Å². The lowest BCUT2D eigenvalue weighted by Gasteiger charge is -2.31. The number of hydrogen-bond acceptors (Lipinski definition) is 3. The summed E-state index contributed by atoms with van der Waals surface area (Å²) in [5, 5.41) is 9.42. The van der Waals surface area contributed by atoms with Gasteiger partial charge in [0.05, 0.1) is 27.9 Å². The average molecular weight is 497 g/mol. The van der Waals surface area contributed by atoms with E-state index in [9.17, 15) is 4.57 Å². The molecule has 0 amide bonds. The van der Waals surface area contributed by atoms with Gasteiger partial charge in [-0.05, 0) is 42.0 Å². The molecule has 0 spiro atoms. The summed E-state index contributed by atoms with van der Waals surface area (Å²) >= 11 is 12.7. The van der Waals surface area contributed by atoms with Crippen molar-refractivity contribution < 1.29 is 4.57 Å². The second-order valence-electron chi connectivity index (χ2n) is 8.62. The highest BCUT2D eigenvalue weighted by Crippen LogP contribution is 2.65. The van der Waals surface area contributed by atoms with Crippen molar-refractivity contribution in [2.45, 2.75) is 19.3 Å². The summed E-state index contributed by atoms with van der Waals surface area (Å²) in [6, 6.07) is 22.8. The Labute approximate surface area is 203 Å². The molecule has 33 heavy (non-hydrogen) atoms. The van der Waals surface area contributed by atoms with Crippen LogP contribution in [0.4, 0.5) is 17.1 Å². The predicted octanol–water partition coefficient (Wildman–Crippen LogP) is 7.74. The molecule has 0 saturated carbocycles. The zero-order valence-corrected chi connectivity index (χ0v) is 20.9. The van der Waals surface area contributed by atoms with Crippen molar-refractivity contribution in [2.75, 3.05) is 21.8 Å². The van der Waals surface area contributed by atoms with Gasteiger partial charge in [-0.2, -0.15) is 9.88 Å². The van der Waals surface area contributed by atoms with Crippen LogP contribution in [-0.4, -0.2) is 13.3 Å². The summed E-state index contributed by atoms with van der Waals surface area (Å²) < 4.78 is 16.6. The van der Waals surface area contributed by atoms with Gasteiger partial charge >= 0.3 is 7.44 Å². The van der Waals surface area contributed by atoms with Gasteiger partial charge in [0.25, 0.3) is 0 Å². The minimum atomic E-state index is -3.52. The van der Waals surface area contributed by atoms with Gasteiger partial charge in [-0.15, -0.1) is 0 Å². The first kappa shape index (κ1) is 22.1. The Morgan fingerprint density at radius 2 is 1.67 bits per heavy atom. The lowest BCUT2D eigenvalue weighted by Crippen LogP contribution is -2.26. The summed E-state index contributed by atoms with van der Waals surface area (Å²) in [4.78, 5) is 2.11. The third-order valence-corrected chi connectivity index (χ3v) is 9.14. The van der Waals surface area contributed by atoms with Crippen molar-refractivity contribution in [1.82, 2.24) is 0 Å². The molecule has 0 fully saturated rings. The summed E-state index contributed by atoms with van der Waals surface area (Å²) in [5.74, 6) is 0. The maximum absolute atomic E-state index is 15.0. The van der Waals surface area contributed by atoms with Crippen molar-refractivity contribution in [1.29, 1.82) is 0 Å². The van der Waals surface area contributed by atoms with E-state index in [1.54, 1.807) is 29.2 Å². The number of halogens is 2. The second-order valence-corrected chi connectivity index (χ2v) is 11.7. The number of allylic oxidation sites excluding steroid dienone is 2. The largest absolute Gasteiger partial charge is 0.346 e. The molecule has 3 aromatic carbocycles. The molecule has 0 unspecified atom stereocenters. The van der Waals surface area contributed by atoms with Gasteiger partial charge in [-0.3, -0.25) is 4.57 Å². The van der Waals surface area contributed by atoms with Crippen LogP contribution < -0.4 is 14.8 Å². The summed E-state index contributed by atoms with van der Waals surface area (Å²) in [6.07, 6.45) is 1.71. The van der Waals surface area contributed by atoms with Crippen LogP contribution in [0, 0.1) is 0 Å². The fourth-order valence-corrected chi connectivity index (χ4v) is 7.58. The van der Waals surface area contributed by atoms with Crippen LogP contribution in [0.3, 0.4) is 0 Å². The van der Waals surface area contributed by atoms with Gasteiger partial charge in [-0.1, -0.05) is 73.4 Å². The third kappa shape index (κ3) is 3.47. The van der Waals surface area contributed by atoms with E-state index in [1.807, 2.05) is 49.5 Å². The zero-order valence-electron chi connectivity index (χ0n) is 18.5. The molecule has 5 nitrogen and oxygen atoms in total. The number of likely N-dealkylation sites (N-methyl/N-ethyl adjacent to an activating group) is 1. The van der Waals surface area contributed by atoms with Crippen LogP contribution in [0.5, 0.6) is 0 Å². The van der Waals surface area contributed by atoms with E-state index in [-0.39, 0.29) is 5.41 Å². The first-order valence-electron chi connectivity index (χ1n) is 10.5. The van der Waals surface area contributed by atoms with Crippen molar-refractivity contribution in [3.63, 3.8) is 0 Å². The smallest absolute Gasteiger partial charge is 0.313 e. The molecule has 5 rings (SSSR count). The van der Waals surface area contributed by atoms with Crippen LogP contribution in [0.1, 0.15) is 19.4 Å². The molecule has 0 aromatic heterocycles. The Hall–Kier alpha value is -2.72. The molecule has 0 aliphatic carbocycles. The van der Waals surface area contributed by atoms with E-state index < -0.39 is 7.44 Å². The molecule has 2 aliphatic rings. The number of hydrogen-bond donors (Lipinski definition) is 1.